The Kier molecular flexibility index (Phi) is 5.06. The lowest BCUT2D eigenvalue weighted by Gasteiger charge is -2.08. The molecule has 0 bridgehead atoms. The van der Waals surface area contributed by atoms with Crippen LogP contribution in [0.3, 0.4) is 0 Å². The molecule has 0 saturated heterocycles. The summed E-state index contributed by atoms with van der Waals surface area (Å²) in [6.45, 7) is 1.72. The number of hydrogen-bond acceptors (Lipinski definition) is 5. The van der Waals surface area contributed by atoms with E-state index in [0.717, 1.165) is 5.56 Å². The predicted octanol–water partition coefficient (Wildman–Crippen LogP) is 4.98. The largest absolute Gasteiger partial charge is 0.497 e. The van der Waals surface area contributed by atoms with E-state index in [1.165, 1.54) is 24.3 Å². The van der Waals surface area contributed by atoms with E-state index in [-0.39, 0.29) is 28.6 Å². The van der Waals surface area contributed by atoms with Gasteiger partial charge in [-0.05, 0) is 54.5 Å². The third-order valence-corrected chi connectivity index (χ3v) is 4.64. The van der Waals surface area contributed by atoms with Crippen molar-refractivity contribution < 1.29 is 28.2 Å². The minimum absolute atomic E-state index is 0.152. The predicted molar refractivity (Wildman–Crippen MR) is 108 cm³/mol. The molecule has 3 aromatic carbocycles. The Bertz CT molecular complexity index is 1200. The number of halogens is 1. The van der Waals surface area contributed by atoms with E-state index in [0.29, 0.717) is 16.9 Å². The molecule has 0 amide bonds. The Morgan fingerprint density at radius 3 is 2.60 bits per heavy atom. The van der Waals surface area contributed by atoms with Crippen LogP contribution in [0, 0.1) is 12.7 Å². The molecule has 0 aromatic heterocycles. The quantitative estimate of drug-likeness (QED) is 0.349. The summed E-state index contributed by atoms with van der Waals surface area (Å²) in [6, 6.07) is 15.8. The second-order valence-corrected chi connectivity index (χ2v) is 6.70. The molecule has 0 unspecified atom stereocenters. The zero-order valence-electron chi connectivity index (χ0n) is 16.3. The third-order valence-electron chi connectivity index (χ3n) is 4.64. The highest BCUT2D eigenvalue weighted by Crippen LogP contribution is 2.38. The second-order valence-electron chi connectivity index (χ2n) is 6.70. The molecule has 0 radical (unpaired) electrons. The summed E-state index contributed by atoms with van der Waals surface area (Å²) in [7, 11) is 1.56. The normalized spacial score (nSPS) is 13.7. The highest BCUT2D eigenvalue weighted by Gasteiger charge is 2.30. The van der Waals surface area contributed by atoms with Crippen LogP contribution in [-0.4, -0.2) is 18.9 Å². The summed E-state index contributed by atoms with van der Waals surface area (Å²) in [5, 5.41) is 0. The average molecular weight is 404 g/mol. The molecule has 0 saturated carbocycles. The fourth-order valence-electron chi connectivity index (χ4n) is 3.21. The van der Waals surface area contributed by atoms with Crippen molar-refractivity contribution in [1.29, 1.82) is 0 Å². The van der Waals surface area contributed by atoms with Crippen LogP contribution in [0.15, 0.2) is 66.4 Å². The molecule has 0 spiro atoms. The monoisotopic (exact) mass is 404 g/mol. The van der Waals surface area contributed by atoms with Crippen LogP contribution in [0.2, 0.25) is 0 Å². The molecule has 3 aromatic rings. The number of ketones is 1. The first kappa shape index (κ1) is 19.4. The van der Waals surface area contributed by atoms with E-state index >= 15 is 0 Å². The number of aryl methyl sites for hydroxylation is 1. The van der Waals surface area contributed by atoms with Gasteiger partial charge in [0.1, 0.15) is 23.1 Å². The summed E-state index contributed by atoms with van der Waals surface area (Å²) < 4.78 is 30.0. The van der Waals surface area contributed by atoms with E-state index in [9.17, 15) is 14.0 Å². The van der Waals surface area contributed by atoms with Gasteiger partial charge in [-0.2, -0.15) is 0 Å². The molecule has 4 rings (SSSR count). The smallest absolute Gasteiger partial charge is 0.346 e. The lowest BCUT2D eigenvalue weighted by Crippen LogP contribution is -2.10. The SMILES string of the molecule is COc1cccc(/C=C2\Oc3cc(OC(=O)c4ccccc4F)cc(C)c3C2=O)c1. The minimum atomic E-state index is -0.830. The van der Waals surface area contributed by atoms with Gasteiger partial charge in [0.25, 0.3) is 0 Å². The molecule has 1 heterocycles. The highest BCUT2D eigenvalue weighted by molar-refractivity contribution is 6.15. The summed E-state index contributed by atoms with van der Waals surface area (Å²) in [6.07, 6.45) is 1.62. The molecule has 5 nitrogen and oxygen atoms in total. The summed E-state index contributed by atoms with van der Waals surface area (Å²) >= 11 is 0. The summed E-state index contributed by atoms with van der Waals surface area (Å²) in [4.78, 5) is 25.1. The first-order valence-corrected chi connectivity index (χ1v) is 9.16. The number of carbonyl (C=O) groups is 2. The molecule has 30 heavy (non-hydrogen) atoms. The van der Waals surface area contributed by atoms with Crippen molar-refractivity contribution in [2.75, 3.05) is 7.11 Å². The average Bonchev–Trinajstić information content (AvgIpc) is 3.04. The molecule has 0 N–H and O–H groups in total. The van der Waals surface area contributed by atoms with Crippen molar-refractivity contribution >= 4 is 17.8 Å². The van der Waals surface area contributed by atoms with Gasteiger partial charge in [-0.3, -0.25) is 4.79 Å². The van der Waals surface area contributed by atoms with Crippen LogP contribution in [0.25, 0.3) is 6.08 Å². The molecule has 0 fully saturated rings. The fraction of sp³-hybridized carbons (Fsp3) is 0.0833. The number of rotatable bonds is 4. The summed E-state index contributed by atoms with van der Waals surface area (Å²) in [5.41, 5.74) is 1.55. The second kappa shape index (κ2) is 7.83. The zero-order valence-corrected chi connectivity index (χ0v) is 16.3. The number of Topliss-reactive ketones (excluding diaryl/α,β-unsaturated/α-hetero) is 1. The third kappa shape index (κ3) is 3.67. The number of ether oxygens (including phenoxy) is 3. The van der Waals surface area contributed by atoms with Gasteiger partial charge in [-0.15, -0.1) is 0 Å². The number of benzene rings is 3. The van der Waals surface area contributed by atoms with Crippen molar-refractivity contribution in [3.63, 3.8) is 0 Å². The Balaban J connectivity index is 1.62. The van der Waals surface area contributed by atoms with Crippen molar-refractivity contribution in [3.8, 4) is 17.2 Å². The molecular weight excluding hydrogens is 387 g/mol. The van der Waals surface area contributed by atoms with Gasteiger partial charge in [-0.25, -0.2) is 9.18 Å². The van der Waals surface area contributed by atoms with E-state index in [1.54, 1.807) is 44.4 Å². The van der Waals surface area contributed by atoms with Gasteiger partial charge in [-0.1, -0.05) is 24.3 Å². The Labute approximate surface area is 172 Å². The number of hydrogen-bond donors (Lipinski definition) is 0. The van der Waals surface area contributed by atoms with Crippen molar-refractivity contribution in [1.82, 2.24) is 0 Å². The number of allylic oxidation sites excluding steroid dienone is 1. The number of methoxy groups -OCH3 is 1. The minimum Gasteiger partial charge on any atom is -0.497 e. The zero-order chi connectivity index (χ0) is 21.3. The maximum absolute atomic E-state index is 13.8. The van der Waals surface area contributed by atoms with Gasteiger partial charge in [0.15, 0.2) is 5.76 Å². The van der Waals surface area contributed by atoms with E-state index in [2.05, 4.69) is 0 Å². The topological polar surface area (TPSA) is 61.8 Å². The van der Waals surface area contributed by atoms with Crippen molar-refractivity contribution in [2.45, 2.75) is 6.92 Å². The highest BCUT2D eigenvalue weighted by atomic mass is 19.1. The first-order valence-electron chi connectivity index (χ1n) is 9.16. The van der Waals surface area contributed by atoms with E-state index in [1.807, 2.05) is 12.1 Å². The van der Waals surface area contributed by atoms with Crippen LogP contribution in [0.1, 0.15) is 31.8 Å². The van der Waals surface area contributed by atoms with Crippen molar-refractivity contribution in [3.05, 3.63) is 94.5 Å². The van der Waals surface area contributed by atoms with Gasteiger partial charge < -0.3 is 14.2 Å². The van der Waals surface area contributed by atoms with Crippen molar-refractivity contribution in [2.24, 2.45) is 0 Å². The van der Waals surface area contributed by atoms with E-state index < -0.39 is 11.8 Å². The van der Waals surface area contributed by atoms with Gasteiger partial charge in [0.2, 0.25) is 5.78 Å². The van der Waals surface area contributed by atoms with Gasteiger partial charge in [0, 0.05) is 6.07 Å². The maximum Gasteiger partial charge on any atom is 0.346 e. The van der Waals surface area contributed by atoms with Crippen LogP contribution >= 0.6 is 0 Å². The fourth-order valence-corrected chi connectivity index (χ4v) is 3.21. The standard InChI is InChI=1S/C24H17FO5/c1-14-10-17(29-24(27)18-8-3-4-9-19(18)25)13-20-22(14)23(26)21(30-20)12-15-6-5-7-16(11-15)28-2/h3-13H,1-2H3/b21-12-. The Morgan fingerprint density at radius 2 is 1.83 bits per heavy atom. The molecule has 1 aliphatic rings. The van der Waals surface area contributed by atoms with Gasteiger partial charge in [0.05, 0.1) is 18.2 Å². The molecule has 0 aliphatic carbocycles. The molecule has 150 valence electrons. The molecule has 0 atom stereocenters. The van der Waals surface area contributed by atoms with Crippen LogP contribution in [0.4, 0.5) is 4.39 Å². The summed E-state index contributed by atoms with van der Waals surface area (Å²) in [5.74, 6) is -0.512. The molecule has 1 aliphatic heterocycles. The Morgan fingerprint density at radius 1 is 1.03 bits per heavy atom. The maximum atomic E-state index is 13.8. The lowest BCUT2D eigenvalue weighted by atomic mass is 10.0. The van der Waals surface area contributed by atoms with Crippen LogP contribution in [0.5, 0.6) is 17.2 Å². The number of carbonyl (C=O) groups excluding carboxylic acids is 2. The molecule has 6 heteroatoms. The lowest BCUT2D eigenvalue weighted by molar-refractivity contribution is 0.0729. The van der Waals surface area contributed by atoms with Crippen LogP contribution < -0.4 is 14.2 Å². The number of esters is 1. The van der Waals surface area contributed by atoms with Gasteiger partial charge >= 0.3 is 5.97 Å². The number of fused-ring (bicyclic) bond motifs is 1. The molecular formula is C24H17FO5. The van der Waals surface area contributed by atoms with Crippen LogP contribution in [-0.2, 0) is 0 Å². The first-order chi connectivity index (χ1) is 14.5. The Hall–Kier alpha value is -3.93. The van der Waals surface area contributed by atoms with E-state index in [4.69, 9.17) is 14.2 Å².